The van der Waals surface area contributed by atoms with Gasteiger partial charge >= 0.3 is 0 Å². The van der Waals surface area contributed by atoms with Crippen molar-refractivity contribution >= 4 is 11.8 Å². The highest BCUT2D eigenvalue weighted by atomic mass is 19.1. The fourth-order valence-electron chi connectivity index (χ4n) is 3.65. The topological polar surface area (TPSA) is 61.4 Å². The van der Waals surface area contributed by atoms with Crippen molar-refractivity contribution in [3.8, 4) is 0 Å². The molecule has 1 heterocycles. The third-order valence-corrected chi connectivity index (χ3v) is 5.46. The molecule has 0 radical (unpaired) electrons. The third kappa shape index (κ3) is 4.22. The summed E-state index contributed by atoms with van der Waals surface area (Å²) in [5, 5.41) is 5.83. The van der Waals surface area contributed by atoms with Gasteiger partial charge in [0, 0.05) is 6.54 Å². The van der Waals surface area contributed by atoms with E-state index in [0.29, 0.717) is 13.0 Å². The Morgan fingerprint density at radius 3 is 2.35 bits per heavy atom. The van der Waals surface area contributed by atoms with Gasteiger partial charge in [-0.3, -0.25) is 9.59 Å². The van der Waals surface area contributed by atoms with Crippen LogP contribution >= 0.6 is 0 Å². The number of halogens is 1. The van der Waals surface area contributed by atoms with E-state index in [-0.39, 0.29) is 23.8 Å². The molecular weight excluding hydrogens is 297 g/mol. The first kappa shape index (κ1) is 18.2. The average molecular weight is 327 g/mol. The first-order chi connectivity index (χ1) is 11.0. The molecule has 0 aromatic carbocycles. The molecule has 23 heavy (non-hydrogen) atoms. The van der Waals surface area contributed by atoms with Crippen LogP contribution in [-0.2, 0) is 9.59 Å². The minimum atomic E-state index is -0.960. The molecule has 2 amide bonds. The highest BCUT2D eigenvalue weighted by Gasteiger charge is 2.40. The van der Waals surface area contributed by atoms with Crippen LogP contribution in [0.25, 0.3) is 0 Å². The molecule has 0 aromatic heterocycles. The van der Waals surface area contributed by atoms with E-state index < -0.39 is 18.3 Å². The number of nitrogens with one attached hydrogen (secondary N) is 2. The van der Waals surface area contributed by atoms with Crippen LogP contribution in [-0.4, -0.2) is 54.6 Å². The van der Waals surface area contributed by atoms with Crippen molar-refractivity contribution in [3.05, 3.63) is 0 Å². The lowest BCUT2D eigenvalue weighted by molar-refractivity contribution is -0.139. The largest absolute Gasteiger partial charge is 0.343 e. The Morgan fingerprint density at radius 2 is 1.83 bits per heavy atom. The Bertz CT molecular complexity index is 426. The molecule has 6 heteroatoms. The van der Waals surface area contributed by atoms with Gasteiger partial charge in [-0.1, -0.05) is 19.3 Å². The zero-order valence-electron chi connectivity index (χ0n) is 14.5. The number of hydrogen-bond donors (Lipinski definition) is 2. The summed E-state index contributed by atoms with van der Waals surface area (Å²) in [4.78, 5) is 26.9. The summed E-state index contributed by atoms with van der Waals surface area (Å²) in [5.74, 6) is -0.114. The van der Waals surface area contributed by atoms with Crippen LogP contribution in [0.1, 0.15) is 52.4 Å². The molecule has 0 unspecified atom stereocenters. The number of rotatable bonds is 5. The number of carbonyl (C=O) groups excluding carboxylic acids is 2. The second kappa shape index (κ2) is 8.08. The molecule has 1 aliphatic heterocycles. The van der Waals surface area contributed by atoms with Gasteiger partial charge in [0.15, 0.2) is 0 Å². The van der Waals surface area contributed by atoms with Crippen molar-refractivity contribution in [1.82, 2.24) is 15.5 Å². The van der Waals surface area contributed by atoms with E-state index in [2.05, 4.69) is 10.6 Å². The molecule has 4 atom stereocenters. The standard InChI is InChI=1S/C17H30FN3O2/c1-11(19-3)16(22)20-15(13-7-5-4-6-8-13)17(23)21-10-9-14(18)12(21)2/h11-15,19H,4-10H2,1-3H3,(H,20,22)/t11-,12+,14-,15-/m0/s1. The van der Waals surface area contributed by atoms with E-state index in [1.807, 2.05) is 0 Å². The normalized spacial score (nSPS) is 28.4. The number of amides is 2. The lowest BCUT2D eigenvalue weighted by atomic mass is 9.83. The molecule has 5 nitrogen and oxygen atoms in total. The van der Waals surface area contributed by atoms with Gasteiger partial charge in [0.25, 0.3) is 0 Å². The van der Waals surface area contributed by atoms with Crippen molar-refractivity contribution in [3.63, 3.8) is 0 Å². The summed E-state index contributed by atoms with van der Waals surface area (Å²) < 4.78 is 13.8. The van der Waals surface area contributed by atoms with E-state index in [1.165, 1.54) is 6.42 Å². The first-order valence-corrected chi connectivity index (χ1v) is 8.88. The van der Waals surface area contributed by atoms with Gasteiger partial charge < -0.3 is 15.5 Å². The van der Waals surface area contributed by atoms with Crippen molar-refractivity contribution in [2.24, 2.45) is 5.92 Å². The summed E-state index contributed by atoms with van der Waals surface area (Å²) in [6.45, 7) is 3.97. The highest BCUT2D eigenvalue weighted by molar-refractivity contribution is 5.90. The smallest absolute Gasteiger partial charge is 0.245 e. The summed E-state index contributed by atoms with van der Waals surface area (Å²) in [5.41, 5.74) is 0. The Balaban J connectivity index is 2.11. The van der Waals surface area contributed by atoms with Crippen LogP contribution in [0.5, 0.6) is 0 Å². The molecule has 0 spiro atoms. The second-order valence-electron chi connectivity index (χ2n) is 6.97. The number of alkyl halides is 1. The van der Waals surface area contributed by atoms with Crippen molar-refractivity contribution in [2.75, 3.05) is 13.6 Å². The van der Waals surface area contributed by atoms with E-state index >= 15 is 0 Å². The number of likely N-dealkylation sites (N-methyl/N-ethyl adjacent to an activating group) is 1. The Kier molecular flexibility index (Phi) is 6.39. The zero-order chi connectivity index (χ0) is 17.0. The molecule has 1 saturated heterocycles. The molecule has 2 rings (SSSR count). The summed E-state index contributed by atoms with van der Waals surface area (Å²) in [6.07, 6.45) is 4.70. The maximum atomic E-state index is 13.8. The summed E-state index contributed by atoms with van der Waals surface area (Å²) >= 11 is 0. The number of likely N-dealkylation sites (tertiary alicyclic amines) is 1. The SMILES string of the molecule is CN[C@@H](C)C(=O)N[C@H](C(=O)N1CC[C@H](F)[C@H]1C)C1CCCCC1. The Hall–Kier alpha value is -1.17. The highest BCUT2D eigenvalue weighted by Crippen LogP contribution is 2.29. The third-order valence-electron chi connectivity index (χ3n) is 5.46. The molecular formula is C17H30FN3O2. The second-order valence-corrected chi connectivity index (χ2v) is 6.97. The van der Waals surface area contributed by atoms with E-state index in [4.69, 9.17) is 0 Å². The Labute approximate surface area is 138 Å². The van der Waals surface area contributed by atoms with Gasteiger partial charge in [-0.2, -0.15) is 0 Å². The molecule has 0 bridgehead atoms. The van der Waals surface area contributed by atoms with Crippen LogP contribution in [0.2, 0.25) is 0 Å². The monoisotopic (exact) mass is 327 g/mol. The van der Waals surface area contributed by atoms with Crippen molar-refractivity contribution in [1.29, 1.82) is 0 Å². The summed E-state index contributed by atoms with van der Waals surface area (Å²) in [6, 6.07) is -1.27. The lowest BCUT2D eigenvalue weighted by Gasteiger charge is -2.34. The fraction of sp³-hybridized carbons (Fsp3) is 0.882. The van der Waals surface area contributed by atoms with Crippen LogP contribution in [0.15, 0.2) is 0 Å². The predicted octanol–water partition coefficient (Wildman–Crippen LogP) is 1.62. The van der Waals surface area contributed by atoms with Gasteiger partial charge in [-0.15, -0.1) is 0 Å². The van der Waals surface area contributed by atoms with Gasteiger partial charge in [-0.05, 0) is 46.1 Å². The average Bonchev–Trinajstić information content (AvgIpc) is 2.91. The predicted molar refractivity (Wildman–Crippen MR) is 87.7 cm³/mol. The van der Waals surface area contributed by atoms with Gasteiger partial charge in [-0.25, -0.2) is 4.39 Å². The molecule has 0 aromatic rings. The molecule has 1 saturated carbocycles. The first-order valence-electron chi connectivity index (χ1n) is 8.88. The van der Waals surface area contributed by atoms with E-state index in [0.717, 1.165) is 25.7 Å². The Morgan fingerprint density at radius 1 is 1.17 bits per heavy atom. The van der Waals surface area contributed by atoms with E-state index in [1.54, 1.807) is 25.8 Å². The van der Waals surface area contributed by atoms with Gasteiger partial charge in [0.2, 0.25) is 11.8 Å². The molecule has 1 aliphatic carbocycles. The summed E-state index contributed by atoms with van der Waals surface area (Å²) in [7, 11) is 1.72. The van der Waals surface area contributed by atoms with Crippen molar-refractivity contribution in [2.45, 2.75) is 76.7 Å². The van der Waals surface area contributed by atoms with Gasteiger partial charge in [0.05, 0.1) is 12.1 Å². The molecule has 132 valence electrons. The molecule has 2 fully saturated rings. The molecule has 2 N–H and O–H groups in total. The van der Waals surface area contributed by atoms with Crippen molar-refractivity contribution < 1.29 is 14.0 Å². The fourth-order valence-corrected chi connectivity index (χ4v) is 3.65. The maximum absolute atomic E-state index is 13.8. The quantitative estimate of drug-likeness (QED) is 0.807. The minimum absolute atomic E-state index is 0.110. The van der Waals surface area contributed by atoms with Gasteiger partial charge in [0.1, 0.15) is 12.2 Å². The minimum Gasteiger partial charge on any atom is -0.343 e. The number of nitrogens with zero attached hydrogens (tertiary/aromatic N) is 1. The van der Waals surface area contributed by atoms with Crippen LogP contribution < -0.4 is 10.6 Å². The maximum Gasteiger partial charge on any atom is 0.245 e. The number of carbonyl (C=O) groups is 2. The van der Waals surface area contributed by atoms with Crippen LogP contribution in [0, 0.1) is 5.92 Å². The van der Waals surface area contributed by atoms with Crippen LogP contribution in [0.4, 0.5) is 4.39 Å². The zero-order valence-corrected chi connectivity index (χ0v) is 14.5. The van der Waals surface area contributed by atoms with E-state index in [9.17, 15) is 14.0 Å². The molecule has 2 aliphatic rings. The lowest BCUT2D eigenvalue weighted by Crippen LogP contribution is -2.56. The van der Waals surface area contributed by atoms with Crippen LogP contribution in [0.3, 0.4) is 0 Å². The number of hydrogen-bond acceptors (Lipinski definition) is 3.